The van der Waals surface area contributed by atoms with Gasteiger partial charge in [0.05, 0.1) is 86.7 Å². The van der Waals surface area contributed by atoms with Crippen LogP contribution < -0.4 is 0 Å². The van der Waals surface area contributed by atoms with Crippen LogP contribution in [0, 0.1) is 62.1 Å². The van der Waals surface area contributed by atoms with Gasteiger partial charge in [0.1, 0.15) is 122 Å². The number of carbonyl (C=O) groups is 5. The molecule has 12 aliphatic rings. The monoisotopic (exact) mass is 1840 g/mol. The van der Waals surface area contributed by atoms with E-state index >= 15 is 4.79 Å². The first-order valence-corrected chi connectivity index (χ1v) is 45.1. The summed E-state index contributed by atoms with van der Waals surface area (Å²) in [6.45, 7) is 19.9. The van der Waals surface area contributed by atoms with E-state index in [1.807, 2.05) is 13.8 Å². The summed E-state index contributed by atoms with van der Waals surface area (Å²) in [7, 11) is 0. The van der Waals surface area contributed by atoms with Crippen LogP contribution >= 0.6 is 0 Å². The molecule has 0 bridgehead atoms. The van der Waals surface area contributed by atoms with E-state index in [9.17, 15) is 121 Å². The van der Waals surface area contributed by atoms with E-state index in [0.29, 0.717) is 57.8 Å². The van der Waals surface area contributed by atoms with E-state index in [4.69, 9.17) is 75.8 Å². The predicted octanol–water partition coefficient (Wildman–Crippen LogP) is -1.52. The minimum Gasteiger partial charge on any atom is -0.506 e. The molecule has 0 aromatic carbocycles. The highest BCUT2D eigenvalue weighted by atomic mass is 16.8. The number of aldehydes is 1. The second-order valence-electron chi connectivity index (χ2n) is 39.7. The molecule has 12 rings (SSSR count). The smallest absolute Gasteiger partial charge is 0.335 e. The molecule has 41 heteroatoms. The molecule has 0 aromatic heterocycles. The van der Waals surface area contributed by atoms with Crippen molar-refractivity contribution in [3.8, 4) is 0 Å². The van der Waals surface area contributed by atoms with Crippen LogP contribution in [0.25, 0.3) is 0 Å². The second kappa shape index (κ2) is 40.8. The lowest BCUT2D eigenvalue weighted by Gasteiger charge is -2.71. The number of allylic oxidation sites excluding steroid dienone is 2. The Morgan fingerprint density at radius 2 is 1.12 bits per heavy atom. The number of aliphatic hydroxyl groups excluding tert-OH is 19. The fourth-order valence-electron chi connectivity index (χ4n) is 22.5. The van der Waals surface area contributed by atoms with Crippen LogP contribution in [0.3, 0.4) is 0 Å². The summed E-state index contributed by atoms with van der Waals surface area (Å²) in [5.74, 6) is -8.33. The molecule has 128 heavy (non-hydrogen) atoms. The first-order chi connectivity index (χ1) is 60.1. The molecule has 20 N–H and O–H groups in total. The quantitative estimate of drug-likeness (QED) is 0.0123. The van der Waals surface area contributed by atoms with E-state index in [-0.39, 0.29) is 49.4 Å². The second-order valence-corrected chi connectivity index (χ2v) is 39.7. The van der Waals surface area contributed by atoms with Gasteiger partial charge in [-0.05, 0) is 129 Å². The Morgan fingerprint density at radius 3 is 1.78 bits per heavy atom. The Labute approximate surface area is 741 Å². The summed E-state index contributed by atoms with van der Waals surface area (Å²) in [6.07, 6.45) is -55.5. The van der Waals surface area contributed by atoms with Gasteiger partial charge in [0.25, 0.3) is 0 Å². The number of hydrogen-bond donors (Lipinski definition) is 20. The maximum atomic E-state index is 16.3. The van der Waals surface area contributed by atoms with Crippen molar-refractivity contribution in [3.05, 3.63) is 23.2 Å². The summed E-state index contributed by atoms with van der Waals surface area (Å²) in [5, 5.41) is 221. The first kappa shape index (κ1) is 102. The molecule has 7 heterocycles. The normalized spacial score (nSPS) is 47.0. The molecule has 0 unspecified atom stereocenters. The van der Waals surface area contributed by atoms with E-state index in [2.05, 4.69) is 40.7 Å². The Balaban J connectivity index is 0.811. The summed E-state index contributed by atoms with van der Waals surface area (Å²) < 4.78 is 97.0. The van der Waals surface area contributed by atoms with Crippen LogP contribution in [-0.4, -0.2) is 374 Å². The number of carboxylic acid groups (broad SMARTS) is 1. The standard InChI is InChI=1S/C87H138O41/c1-13-35(3)43(92)25-39(90)27-52(96)118-47(36(4)14-2)26-40(91)28-53(97)121-68-54(98)37(5)116-79(71(68)126-77-63(107)59(103)66(38(6)117-77)122-76-65(109)67(46(95)33-115-76)123-74-60(104)55(99)44(93)31-113-74)128-81(112)87-23-21-82(7,8)29-42(87)41-15-16-50-83(9)19-18-51(84(10,34-89)49(83)17-20-86(50,12)85(41,11)22-24-87)120-80-72(127-78-62(106)58(102)57(101)48(30-88)119-78)69(64(108)70(125-80)73(110)111)124-75-61(105)56(100)45(94)32-114-75/h15,34-40,42-51,54-55,57-60,62-72,74-80,88,90-95,98-109H,13-14,16-33H2,1-12H3,(H,110,111)/t35-,36-,37+,38-,39-,40-,42-,43-,44+,45+,46+,47-,48+,49+,50+,51-,54-,55-,57-,58-,59-,60+,62+,63+,64-,65+,66-,67-,68-,69-,70-,71+,72+,74-,75-,76-,77-,78-,79-,80+,83-,84-,85+,86+,87-/m0/s1. The fourth-order valence-corrected chi connectivity index (χ4v) is 22.5. The van der Waals surface area contributed by atoms with Crippen LogP contribution in [0.1, 0.15) is 186 Å². The third-order valence-corrected chi connectivity index (χ3v) is 31.1. The Morgan fingerprint density at radius 1 is 0.531 bits per heavy atom. The minimum absolute atomic E-state index is 0.0910. The maximum absolute atomic E-state index is 16.3. The van der Waals surface area contributed by atoms with E-state index in [0.717, 1.165) is 11.9 Å². The van der Waals surface area contributed by atoms with Gasteiger partial charge in [0.15, 0.2) is 61.3 Å². The topological polar surface area (TPSA) is 638 Å². The van der Waals surface area contributed by atoms with E-state index in [1.165, 1.54) is 13.8 Å². The third kappa shape index (κ3) is 20.0. The van der Waals surface area contributed by atoms with Crippen molar-refractivity contribution in [1.82, 2.24) is 0 Å². The summed E-state index contributed by atoms with van der Waals surface area (Å²) in [6, 6.07) is 0. The molecule has 732 valence electrons. The maximum Gasteiger partial charge on any atom is 0.335 e. The molecule has 0 amide bonds. The van der Waals surface area contributed by atoms with Gasteiger partial charge in [0.2, 0.25) is 12.6 Å². The molecule has 7 aliphatic heterocycles. The van der Waals surface area contributed by atoms with Crippen LogP contribution in [0.5, 0.6) is 0 Å². The Hall–Kier alpha value is -4.57. The largest absolute Gasteiger partial charge is 0.506 e. The minimum atomic E-state index is -2.26. The molecular formula is C87H138O41. The highest BCUT2D eigenvalue weighted by molar-refractivity contribution is 5.79. The average molecular weight is 1840 g/mol. The van der Waals surface area contributed by atoms with E-state index < -0.39 is 334 Å². The SMILES string of the molecule is CC[C@H](C)[C@H](C[C@H](O)CC(=O)O[C@H]1[C@@H](O)[C@@H](C)O[C@@H](OC(=O)[C@]23CCC(C)(C)C[C@H]2C2=CC[C@@H]4[C@@]5(C)CC[C@H](O[C@@H]6O[C@H](C(=O)O)[C@@H](O)[C@H](O[C@@H]7OC[C@@H](O)C(O)=C7O)[C@H]6O[C@@H]6O[C@H](CO)[C@H](O)[C@H](O)[C@H]6O)[C@@](C)(C=O)[C@@H]5CC[C@@]4(C)[C@]2(C)CC3)[C@@H]1O[C@@H]1O[C@@H](C)[C@H](O[C@@H]2OC[C@@H](O)[C@H](O[C@@H]3OC[C@@H](O)[C@H](O)[C@H]3O)[C@H]2O)[C@@H](O)[C@H]1O)OC(=O)C[C@@H](O)C[C@H](O)[C@@H](C)CC. The number of esters is 3. The zero-order valence-electron chi connectivity index (χ0n) is 74.4. The number of hydrogen-bond acceptors (Lipinski definition) is 40. The predicted molar refractivity (Wildman–Crippen MR) is 430 cm³/mol. The average Bonchev–Trinajstić information content (AvgIpc) is 0.672. The molecule has 4 saturated carbocycles. The van der Waals surface area contributed by atoms with Crippen LogP contribution in [0.15, 0.2) is 23.2 Å². The molecule has 0 radical (unpaired) electrons. The number of aliphatic carboxylic acids is 1. The summed E-state index contributed by atoms with van der Waals surface area (Å²) in [4.78, 5) is 71.8. The highest BCUT2D eigenvalue weighted by Crippen LogP contribution is 2.76. The van der Waals surface area contributed by atoms with Gasteiger partial charge in [-0.2, -0.15) is 0 Å². The molecule has 0 aromatic rings. The zero-order chi connectivity index (χ0) is 94.0. The molecule has 10 fully saturated rings. The lowest BCUT2D eigenvalue weighted by Crippen LogP contribution is -2.68. The van der Waals surface area contributed by atoms with Crippen molar-refractivity contribution >= 4 is 30.2 Å². The lowest BCUT2D eigenvalue weighted by molar-refractivity contribution is -0.384. The van der Waals surface area contributed by atoms with Crippen LogP contribution in [0.4, 0.5) is 0 Å². The van der Waals surface area contributed by atoms with Gasteiger partial charge >= 0.3 is 23.9 Å². The van der Waals surface area contributed by atoms with Gasteiger partial charge in [-0.15, -0.1) is 0 Å². The molecule has 41 nitrogen and oxygen atoms in total. The number of rotatable bonds is 31. The fraction of sp³-hybridized carbons (Fsp3) is 0.897. The van der Waals surface area contributed by atoms with Crippen molar-refractivity contribution in [2.75, 3.05) is 26.4 Å². The van der Waals surface area contributed by atoms with Crippen molar-refractivity contribution in [3.63, 3.8) is 0 Å². The zero-order valence-corrected chi connectivity index (χ0v) is 74.4. The van der Waals surface area contributed by atoms with Gasteiger partial charge in [-0.25, -0.2) is 4.79 Å². The Bertz CT molecular complexity index is 3840. The van der Waals surface area contributed by atoms with Crippen molar-refractivity contribution in [2.45, 2.75) is 401 Å². The third-order valence-electron chi connectivity index (χ3n) is 31.1. The van der Waals surface area contributed by atoms with Crippen LogP contribution in [-0.2, 0) is 99.8 Å². The number of fused-ring (bicyclic) bond motifs is 7. The number of ether oxygens (including phenoxy) is 16. The van der Waals surface area contributed by atoms with Gasteiger partial charge < -0.3 is 183 Å². The Kier molecular flexibility index (Phi) is 32.6. The van der Waals surface area contributed by atoms with Gasteiger partial charge in [-0.3, -0.25) is 14.4 Å². The van der Waals surface area contributed by atoms with E-state index in [1.54, 1.807) is 20.8 Å². The molecule has 45 atom stereocenters. The van der Waals surface area contributed by atoms with Crippen molar-refractivity contribution in [1.29, 1.82) is 0 Å². The van der Waals surface area contributed by atoms with Crippen molar-refractivity contribution in [2.24, 2.45) is 62.1 Å². The highest BCUT2D eigenvalue weighted by Gasteiger charge is 2.72. The number of carboxylic acids is 1. The molecule has 5 aliphatic carbocycles. The lowest BCUT2D eigenvalue weighted by atomic mass is 9.33. The van der Waals surface area contributed by atoms with Gasteiger partial charge in [0, 0.05) is 12.8 Å². The summed E-state index contributed by atoms with van der Waals surface area (Å²) >= 11 is 0. The van der Waals surface area contributed by atoms with Crippen molar-refractivity contribution < 1.29 is 202 Å². The number of aliphatic hydroxyl groups is 19. The van der Waals surface area contributed by atoms with Gasteiger partial charge in [-0.1, -0.05) is 93.7 Å². The summed E-state index contributed by atoms with van der Waals surface area (Å²) in [5.41, 5.74) is -4.13. The molecular weight excluding hydrogens is 1700 g/mol. The molecule has 6 saturated heterocycles. The first-order valence-electron chi connectivity index (χ1n) is 45.1. The molecule has 0 spiro atoms. The number of carbonyl (C=O) groups excluding carboxylic acids is 4. The van der Waals surface area contributed by atoms with Crippen LogP contribution in [0.2, 0.25) is 0 Å².